The number of aromatic nitrogens is 1. The van der Waals surface area contributed by atoms with Crippen molar-refractivity contribution in [2.24, 2.45) is 0 Å². The maximum atomic E-state index is 12.4. The van der Waals surface area contributed by atoms with E-state index in [1.54, 1.807) is 30.3 Å². The molecule has 0 aliphatic heterocycles. The summed E-state index contributed by atoms with van der Waals surface area (Å²) < 4.78 is 25.7. The van der Waals surface area contributed by atoms with Gasteiger partial charge in [-0.25, -0.2) is 13.4 Å². The number of hydrogen-bond acceptors (Lipinski definition) is 5. The number of fused-ring (bicyclic) bond motifs is 1. The summed E-state index contributed by atoms with van der Waals surface area (Å²) in [6, 6.07) is 18.4. The van der Waals surface area contributed by atoms with Crippen molar-refractivity contribution >= 4 is 32.7 Å². The van der Waals surface area contributed by atoms with Gasteiger partial charge in [-0.1, -0.05) is 42.5 Å². The van der Waals surface area contributed by atoms with Gasteiger partial charge in [-0.3, -0.25) is 20.4 Å². The zero-order valence-corrected chi connectivity index (χ0v) is 15.8. The highest BCUT2D eigenvalue weighted by Crippen LogP contribution is 2.13. The lowest BCUT2D eigenvalue weighted by Gasteiger charge is -2.17. The lowest BCUT2D eigenvalue weighted by Crippen LogP contribution is -2.46. The molecular weight excluding hydrogens is 380 g/mol. The van der Waals surface area contributed by atoms with Gasteiger partial charge >= 0.3 is 0 Å². The Morgan fingerprint density at radius 3 is 2.36 bits per heavy atom. The van der Waals surface area contributed by atoms with E-state index in [0.29, 0.717) is 5.52 Å². The summed E-state index contributed by atoms with van der Waals surface area (Å²) >= 11 is 0. The number of para-hydroxylation sites is 1. The van der Waals surface area contributed by atoms with Crippen LogP contribution < -0.4 is 10.9 Å². The number of rotatable bonds is 5. The van der Waals surface area contributed by atoms with Crippen LogP contribution in [0.3, 0.4) is 0 Å². The van der Waals surface area contributed by atoms with Gasteiger partial charge in [0.1, 0.15) is 5.69 Å². The summed E-state index contributed by atoms with van der Waals surface area (Å²) in [5.41, 5.74) is 5.21. The molecule has 28 heavy (non-hydrogen) atoms. The molecule has 0 aliphatic carbocycles. The van der Waals surface area contributed by atoms with Gasteiger partial charge in [-0.05, 0) is 24.3 Å². The van der Waals surface area contributed by atoms with Crippen molar-refractivity contribution in [2.75, 3.05) is 13.6 Å². The Balaban J connectivity index is 1.59. The van der Waals surface area contributed by atoms with Crippen LogP contribution >= 0.6 is 0 Å². The quantitative estimate of drug-likeness (QED) is 0.630. The minimum absolute atomic E-state index is 0.0784. The van der Waals surface area contributed by atoms with Crippen LogP contribution in [0.25, 0.3) is 10.9 Å². The van der Waals surface area contributed by atoms with Gasteiger partial charge in [0.25, 0.3) is 11.8 Å². The SMILES string of the molecule is CN(CC(=O)NNC(=O)c1ccc2ccccc2n1)S(=O)(=O)c1ccccc1. The average molecular weight is 398 g/mol. The van der Waals surface area contributed by atoms with Crippen molar-refractivity contribution in [3.05, 3.63) is 72.4 Å². The Morgan fingerprint density at radius 1 is 0.929 bits per heavy atom. The largest absolute Gasteiger partial charge is 0.288 e. The first-order chi connectivity index (χ1) is 13.4. The molecule has 0 spiro atoms. The topological polar surface area (TPSA) is 108 Å². The van der Waals surface area contributed by atoms with Crippen molar-refractivity contribution in [3.8, 4) is 0 Å². The fourth-order valence-electron chi connectivity index (χ4n) is 2.48. The molecule has 3 rings (SSSR count). The fraction of sp³-hybridized carbons (Fsp3) is 0.105. The number of hydrazine groups is 1. The van der Waals surface area contributed by atoms with E-state index in [2.05, 4.69) is 15.8 Å². The molecule has 0 unspecified atom stereocenters. The van der Waals surface area contributed by atoms with Crippen LogP contribution in [0.1, 0.15) is 10.5 Å². The summed E-state index contributed by atoms with van der Waals surface area (Å²) in [7, 11) is -2.52. The van der Waals surface area contributed by atoms with E-state index in [1.165, 1.54) is 25.2 Å². The van der Waals surface area contributed by atoms with Crippen molar-refractivity contribution in [1.29, 1.82) is 0 Å². The molecule has 0 fully saturated rings. The van der Waals surface area contributed by atoms with Gasteiger partial charge in [-0.15, -0.1) is 0 Å². The van der Waals surface area contributed by atoms with Crippen LogP contribution in [0, 0.1) is 0 Å². The molecule has 9 heteroatoms. The molecule has 0 aliphatic rings. The molecule has 1 aromatic heterocycles. The molecule has 1 heterocycles. The van der Waals surface area contributed by atoms with Crippen molar-refractivity contribution in [3.63, 3.8) is 0 Å². The van der Waals surface area contributed by atoms with E-state index < -0.39 is 28.4 Å². The van der Waals surface area contributed by atoms with Gasteiger partial charge in [0.05, 0.1) is 17.0 Å². The Hall–Kier alpha value is -3.30. The fourth-order valence-corrected chi connectivity index (χ4v) is 3.63. The third kappa shape index (κ3) is 4.33. The molecule has 2 aromatic carbocycles. The van der Waals surface area contributed by atoms with Crippen molar-refractivity contribution < 1.29 is 18.0 Å². The summed E-state index contributed by atoms with van der Waals surface area (Å²) in [5.74, 6) is -1.29. The van der Waals surface area contributed by atoms with Gasteiger partial charge in [-0.2, -0.15) is 4.31 Å². The molecule has 2 amide bonds. The second kappa shape index (κ2) is 8.15. The van der Waals surface area contributed by atoms with E-state index in [9.17, 15) is 18.0 Å². The van der Waals surface area contributed by atoms with E-state index in [0.717, 1.165) is 9.69 Å². The number of nitrogens with zero attached hydrogens (tertiary/aromatic N) is 2. The molecule has 0 bridgehead atoms. The Morgan fingerprint density at radius 2 is 1.61 bits per heavy atom. The number of hydrogen-bond donors (Lipinski definition) is 2. The van der Waals surface area contributed by atoms with Crippen LogP contribution in [0.4, 0.5) is 0 Å². The van der Waals surface area contributed by atoms with Gasteiger partial charge in [0, 0.05) is 12.4 Å². The van der Waals surface area contributed by atoms with Gasteiger partial charge in [0.2, 0.25) is 10.0 Å². The lowest BCUT2D eigenvalue weighted by atomic mass is 10.2. The van der Waals surface area contributed by atoms with E-state index in [-0.39, 0.29) is 10.6 Å². The molecular formula is C19H18N4O4S. The van der Waals surface area contributed by atoms with E-state index in [4.69, 9.17) is 0 Å². The first kappa shape index (κ1) is 19.5. The summed E-state index contributed by atoms with van der Waals surface area (Å²) in [4.78, 5) is 28.5. The number of nitrogens with one attached hydrogen (secondary N) is 2. The highest BCUT2D eigenvalue weighted by molar-refractivity contribution is 7.89. The molecule has 2 N–H and O–H groups in total. The molecule has 0 saturated carbocycles. The molecule has 0 saturated heterocycles. The molecule has 0 radical (unpaired) electrons. The van der Waals surface area contributed by atoms with Gasteiger partial charge in [0.15, 0.2) is 0 Å². The normalized spacial score (nSPS) is 11.4. The highest BCUT2D eigenvalue weighted by atomic mass is 32.2. The highest BCUT2D eigenvalue weighted by Gasteiger charge is 2.22. The summed E-state index contributed by atoms with van der Waals surface area (Å²) in [5, 5.41) is 0.885. The third-order valence-corrected chi connectivity index (χ3v) is 5.78. The Labute approximate surface area is 162 Å². The second-order valence-corrected chi connectivity index (χ2v) is 8.01. The number of likely N-dealkylation sites (N-methyl/N-ethyl adjacent to an activating group) is 1. The second-order valence-electron chi connectivity index (χ2n) is 5.97. The minimum atomic E-state index is -3.80. The van der Waals surface area contributed by atoms with Crippen molar-refractivity contribution in [2.45, 2.75) is 4.90 Å². The number of benzene rings is 2. The number of pyridine rings is 1. The van der Waals surface area contributed by atoms with Crippen LogP contribution in [-0.4, -0.2) is 43.1 Å². The molecule has 144 valence electrons. The Kier molecular flexibility index (Phi) is 5.67. The van der Waals surface area contributed by atoms with Crippen LogP contribution in [0.15, 0.2) is 71.6 Å². The number of carbonyl (C=O) groups excluding carboxylic acids is 2. The zero-order chi connectivity index (χ0) is 20.1. The number of amides is 2. The lowest BCUT2D eigenvalue weighted by molar-refractivity contribution is -0.121. The van der Waals surface area contributed by atoms with Crippen LogP contribution in [0.2, 0.25) is 0 Å². The Bertz CT molecular complexity index is 1120. The first-order valence-corrected chi connectivity index (χ1v) is 9.78. The molecule has 0 atom stereocenters. The van der Waals surface area contributed by atoms with E-state index in [1.807, 2.05) is 18.2 Å². The summed E-state index contributed by atoms with van der Waals surface area (Å²) in [6.07, 6.45) is 0. The smallest absolute Gasteiger partial charge is 0.272 e. The minimum Gasteiger partial charge on any atom is -0.272 e. The first-order valence-electron chi connectivity index (χ1n) is 8.34. The van der Waals surface area contributed by atoms with Gasteiger partial charge < -0.3 is 0 Å². The maximum absolute atomic E-state index is 12.4. The number of carbonyl (C=O) groups is 2. The average Bonchev–Trinajstić information content (AvgIpc) is 2.72. The monoisotopic (exact) mass is 398 g/mol. The summed E-state index contributed by atoms with van der Waals surface area (Å²) in [6.45, 7) is -0.456. The van der Waals surface area contributed by atoms with E-state index >= 15 is 0 Å². The predicted molar refractivity (Wildman–Crippen MR) is 104 cm³/mol. The van der Waals surface area contributed by atoms with Crippen LogP contribution in [0.5, 0.6) is 0 Å². The predicted octanol–water partition coefficient (Wildman–Crippen LogP) is 1.32. The number of sulfonamides is 1. The zero-order valence-electron chi connectivity index (χ0n) is 15.0. The standard InChI is InChI=1S/C19H18N4O4S/c1-23(28(26,27)15-8-3-2-4-9-15)13-18(24)21-22-19(25)17-12-11-14-7-5-6-10-16(14)20-17/h2-12H,13H2,1H3,(H,21,24)(H,22,25). The van der Waals surface area contributed by atoms with Crippen LogP contribution in [-0.2, 0) is 14.8 Å². The molecule has 3 aromatic rings. The maximum Gasteiger partial charge on any atom is 0.288 e. The van der Waals surface area contributed by atoms with Crippen molar-refractivity contribution in [1.82, 2.24) is 20.1 Å². The third-order valence-electron chi connectivity index (χ3n) is 3.96. The molecule has 8 nitrogen and oxygen atoms in total.